The van der Waals surface area contributed by atoms with Gasteiger partial charge in [0, 0.05) is 5.56 Å². The van der Waals surface area contributed by atoms with Crippen molar-refractivity contribution in [3.05, 3.63) is 35.1 Å². The van der Waals surface area contributed by atoms with E-state index in [4.69, 9.17) is 5.21 Å². The van der Waals surface area contributed by atoms with Crippen molar-refractivity contribution >= 4 is 12.2 Å². The lowest BCUT2D eigenvalue weighted by molar-refractivity contribution is 0.0705. The molecule has 0 bridgehead atoms. The van der Waals surface area contributed by atoms with Crippen LogP contribution in [-0.2, 0) is 0 Å². The Kier molecular flexibility index (Phi) is 2.71. The van der Waals surface area contributed by atoms with Crippen LogP contribution in [0.4, 0.5) is 4.39 Å². The average Bonchev–Trinajstić information content (AvgIpc) is 2.16. The second-order valence-corrected chi connectivity index (χ2v) is 2.30. The third-order valence-electron chi connectivity index (χ3n) is 1.49. The Bertz CT molecular complexity index is 351. The summed E-state index contributed by atoms with van der Waals surface area (Å²) in [6.45, 7) is 0. The Morgan fingerprint density at radius 3 is 2.69 bits per heavy atom. The van der Waals surface area contributed by atoms with Gasteiger partial charge in [-0.25, -0.2) is 9.87 Å². The minimum Gasteiger partial charge on any atom is -0.298 e. The molecule has 1 rings (SSSR count). The van der Waals surface area contributed by atoms with E-state index in [1.807, 2.05) is 0 Å². The molecule has 13 heavy (non-hydrogen) atoms. The Labute approximate surface area is 72.9 Å². The molecule has 0 aromatic heterocycles. The Morgan fingerprint density at radius 2 is 2.23 bits per heavy atom. The van der Waals surface area contributed by atoms with E-state index in [1.54, 1.807) is 0 Å². The van der Waals surface area contributed by atoms with Crippen molar-refractivity contribution in [1.29, 1.82) is 0 Å². The maximum atomic E-state index is 12.9. The largest absolute Gasteiger partial charge is 0.298 e. The van der Waals surface area contributed by atoms with Gasteiger partial charge in [0.2, 0.25) is 0 Å². The lowest BCUT2D eigenvalue weighted by Crippen LogP contribution is -2.18. The number of rotatable bonds is 2. The van der Waals surface area contributed by atoms with Gasteiger partial charge in [-0.1, -0.05) is 0 Å². The molecule has 2 N–H and O–H groups in total. The van der Waals surface area contributed by atoms with Gasteiger partial charge in [-0.15, -0.1) is 0 Å². The van der Waals surface area contributed by atoms with Crippen LogP contribution in [0.3, 0.4) is 0 Å². The zero-order valence-corrected chi connectivity index (χ0v) is 6.45. The monoisotopic (exact) mass is 183 g/mol. The van der Waals surface area contributed by atoms with E-state index in [1.165, 1.54) is 11.5 Å². The molecule has 68 valence electrons. The van der Waals surface area contributed by atoms with Gasteiger partial charge in [-0.2, -0.15) is 0 Å². The zero-order valence-electron chi connectivity index (χ0n) is 6.45. The smallest absolute Gasteiger partial charge is 0.274 e. The van der Waals surface area contributed by atoms with Crippen molar-refractivity contribution in [2.24, 2.45) is 0 Å². The Morgan fingerprint density at radius 1 is 1.54 bits per heavy atom. The predicted octanol–water partition coefficient (Wildman–Crippen LogP) is 0.757. The fourth-order valence-electron chi connectivity index (χ4n) is 0.828. The third-order valence-corrected chi connectivity index (χ3v) is 1.49. The van der Waals surface area contributed by atoms with E-state index < -0.39 is 11.7 Å². The van der Waals surface area contributed by atoms with E-state index in [-0.39, 0.29) is 11.1 Å². The van der Waals surface area contributed by atoms with Crippen LogP contribution >= 0.6 is 0 Å². The maximum Gasteiger partial charge on any atom is 0.274 e. The number of nitrogens with one attached hydrogen (secondary N) is 1. The molecule has 0 radical (unpaired) electrons. The van der Waals surface area contributed by atoms with Crippen molar-refractivity contribution in [3.63, 3.8) is 0 Å². The summed E-state index contributed by atoms with van der Waals surface area (Å²) >= 11 is 0. The minimum absolute atomic E-state index is 0.0504. The van der Waals surface area contributed by atoms with Gasteiger partial charge in [-0.3, -0.25) is 14.8 Å². The van der Waals surface area contributed by atoms with Crippen LogP contribution in [0.1, 0.15) is 20.7 Å². The lowest BCUT2D eigenvalue weighted by atomic mass is 10.1. The molecule has 5 heteroatoms. The van der Waals surface area contributed by atoms with Gasteiger partial charge in [0.05, 0.1) is 5.56 Å². The Balaban J connectivity index is 3.09. The fraction of sp³-hybridized carbons (Fsp3) is 0. The second kappa shape index (κ2) is 3.77. The van der Waals surface area contributed by atoms with Crippen molar-refractivity contribution in [1.82, 2.24) is 5.48 Å². The minimum atomic E-state index is -0.823. The molecule has 1 aromatic rings. The van der Waals surface area contributed by atoms with E-state index in [2.05, 4.69) is 0 Å². The summed E-state index contributed by atoms with van der Waals surface area (Å²) in [6, 6.07) is 3.26. The second-order valence-electron chi connectivity index (χ2n) is 2.30. The van der Waals surface area contributed by atoms with Gasteiger partial charge in [-0.05, 0) is 18.2 Å². The number of hydrogen-bond donors (Lipinski definition) is 2. The van der Waals surface area contributed by atoms with Gasteiger partial charge in [0.25, 0.3) is 5.91 Å². The number of hydrogen-bond acceptors (Lipinski definition) is 3. The molecule has 0 heterocycles. The lowest BCUT2D eigenvalue weighted by Gasteiger charge is -1.99. The highest BCUT2D eigenvalue weighted by molar-refractivity contribution is 5.94. The molecular formula is C8H6FNO3. The Hall–Kier alpha value is -1.75. The fourth-order valence-corrected chi connectivity index (χ4v) is 0.828. The van der Waals surface area contributed by atoms with Crippen molar-refractivity contribution in [3.8, 4) is 0 Å². The molecule has 0 aliphatic carbocycles. The van der Waals surface area contributed by atoms with Crippen LogP contribution in [0.15, 0.2) is 18.2 Å². The first-order valence-electron chi connectivity index (χ1n) is 3.38. The topological polar surface area (TPSA) is 66.4 Å². The highest BCUT2D eigenvalue weighted by atomic mass is 19.1. The van der Waals surface area contributed by atoms with E-state index in [0.717, 1.165) is 12.1 Å². The summed E-state index contributed by atoms with van der Waals surface area (Å²) in [6.07, 6.45) is 0.343. The van der Waals surface area contributed by atoms with Crippen LogP contribution in [0, 0.1) is 5.82 Å². The van der Waals surface area contributed by atoms with Crippen molar-refractivity contribution < 1.29 is 19.2 Å². The van der Waals surface area contributed by atoms with Crippen LogP contribution in [0.2, 0.25) is 0 Å². The number of benzene rings is 1. The van der Waals surface area contributed by atoms with Gasteiger partial charge in [0.15, 0.2) is 6.29 Å². The predicted molar refractivity (Wildman–Crippen MR) is 41.0 cm³/mol. The summed E-state index contributed by atoms with van der Waals surface area (Å²) < 4.78 is 12.9. The van der Waals surface area contributed by atoms with Crippen LogP contribution in [0.5, 0.6) is 0 Å². The standard InChI is InChI=1S/C8H6FNO3/c9-7-3-5(8(12)10-13)1-2-6(7)4-11/h1-4,13H,(H,10,12). The maximum absolute atomic E-state index is 12.9. The van der Waals surface area contributed by atoms with E-state index in [0.29, 0.717) is 6.29 Å². The van der Waals surface area contributed by atoms with Crippen molar-refractivity contribution in [2.45, 2.75) is 0 Å². The first-order chi connectivity index (χ1) is 6.19. The first-order valence-corrected chi connectivity index (χ1v) is 3.38. The van der Waals surface area contributed by atoms with Gasteiger partial charge >= 0.3 is 0 Å². The molecule has 0 unspecified atom stereocenters. The van der Waals surface area contributed by atoms with E-state index in [9.17, 15) is 14.0 Å². The molecular weight excluding hydrogens is 177 g/mol. The molecule has 1 aromatic carbocycles. The molecule has 0 spiro atoms. The third kappa shape index (κ3) is 1.88. The molecule has 0 aliphatic heterocycles. The van der Waals surface area contributed by atoms with E-state index >= 15 is 0 Å². The van der Waals surface area contributed by atoms with Crippen LogP contribution < -0.4 is 5.48 Å². The average molecular weight is 183 g/mol. The number of carbonyl (C=O) groups excluding carboxylic acids is 2. The van der Waals surface area contributed by atoms with Gasteiger partial charge in [0.1, 0.15) is 5.82 Å². The number of aldehydes is 1. The molecule has 0 aliphatic rings. The van der Waals surface area contributed by atoms with Crippen LogP contribution in [-0.4, -0.2) is 17.4 Å². The summed E-state index contributed by atoms with van der Waals surface area (Å²) in [4.78, 5) is 20.9. The summed E-state index contributed by atoms with van der Waals surface area (Å²) in [7, 11) is 0. The number of hydroxylamine groups is 1. The quantitative estimate of drug-likeness (QED) is 0.404. The molecule has 0 saturated heterocycles. The highest BCUT2D eigenvalue weighted by Crippen LogP contribution is 2.08. The zero-order chi connectivity index (χ0) is 9.84. The number of halogens is 1. The first kappa shape index (κ1) is 9.34. The van der Waals surface area contributed by atoms with Gasteiger partial charge < -0.3 is 0 Å². The molecule has 0 fully saturated rings. The summed E-state index contributed by atoms with van der Waals surface area (Å²) in [5.41, 5.74) is 1.17. The number of carbonyl (C=O) groups is 2. The molecule has 0 saturated carbocycles. The SMILES string of the molecule is O=Cc1ccc(C(=O)NO)cc1F. The highest BCUT2D eigenvalue weighted by Gasteiger charge is 2.07. The van der Waals surface area contributed by atoms with Crippen molar-refractivity contribution in [2.75, 3.05) is 0 Å². The normalized spacial score (nSPS) is 9.38. The molecule has 0 atom stereocenters. The number of amides is 1. The molecule has 1 amide bonds. The summed E-state index contributed by atoms with van der Waals surface area (Å²) in [5.74, 6) is -1.62. The summed E-state index contributed by atoms with van der Waals surface area (Å²) in [5, 5.41) is 8.21. The van der Waals surface area contributed by atoms with Crippen LogP contribution in [0.25, 0.3) is 0 Å². The molecule has 4 nitrogen and oxygen atoms in total.